The second-order valence-electron chi connectivity index (χ2n) is 4.97. The first-order valence-electron chi connectivity index (χ1n) is 6.66. The van der Waals surface area contributed by atoms with Crippen LogP contribution >= 0.6 is 0 Å². The number of hydrogen-bond acceptors (Lipinski definition) is 3. The number of hydrogen-bond donors (Lipinski definition) is 2. The number of fused-ring (bicyclic) bond motifs is 2. The molecule has 0 amide bonds. The maximum atomic E-state index is 4.62. The van der Waals surface area contributed by atoms with E-state index in [9.17, 15) is 0 Å². The lowest BCUT2D eigenvalue weighted by molar-refractivity contribution is 0.856. The molecule has 4 rings (SSSR count). The van der Waals surface area contributed by atoms with Crippen molar-refractivity contribution in [2.45, 2.75) is 13.5 Å². The maximum absolute atomic E-state index is 4.62. The quantitative estimate of drug-likeness (QED) is 0.708. The van der Waals surface area contributed by atoms with Crippen molar-refractivity contribution in [2.75, 3.05) is 0 Å². The molecule has 0 saturated carbocycles. The molecule has 3 aromatic heterocycles. The fourth-order valence-electron chi connectivity index (χ4n) is 2.82. The molecule has 4 nitrogen and oxygen atoms in total. The van der Waals surface area contributed by atoms with Crippen molar-refractivity contribution in [2.24, 2.45) is 0 Å². The maximum Gasteiger partial charge on any atom is 0.138 e. The summed E-state index contributed by atoms with van der Waals surface area (Å²) in [6, 6.07) is 6.12. The average molecular weight is 262 g/mol. The molecule has 1 aliphatic rings. The Morgan fingerprint density at radius 1 is 1.15 bits per heavy atom. The lowest BCUT2D eigenvalue weighted by Gasteiger charge is -2.15. The van der Waals surface area contributed by atoms with E-state index in [0.29, 0.717) is 0 Å². The molecule has 0 spiro atoms. The predicted molar refractivity (Wildman–Crippen MR) is 79.9 cm³/mol. The van der Waals surface area contributed by atoms with Crippen LogP contribution < -0.4 is 5.32 Å². The van der Waals surface area contributed by atoms with Crippen LogP contribution in [0.3, 0.4) is 0 Å². The Balaban J connectivity index is 2.06. The summed E-state index contributed by atoms with van der Waals surface area (Å²) < 4.78 is 0. The van der Waals surface area contributed by atoms with Crippen LogP contribution in [0.1, 0.15) is 16.8 Å². The molecular formula is C16H14N4. The van der Waals surface area contributed by atoms with E-state index in [1.807, 2.05) is 18.5 Å². The summed E-state index contributed by atoms with van der Waals surface area (Å²) in [7, 11) is 0. The van der Waals surface area contributed by atoms with Gasteiger partial charge in [0, 0.05) is 41.1 Å². The summed E-state index contributed by atoms with van der Waals surface area (Å²) in [5, 5.41) is 4.36. The number of pyridine rings is 2. The summed E-state index contributed by atoms with van der Waals surface area (Å²) in [6.45, 7) is 2.92. The Hall–Kier alpha value is -2.62. The van der Waals surface area contributed by atoms with E-state index in [-0.39, 0.29) is 0 Å². The Morgan fingerprint density at radius 3 is 3.05 bits per heavy atom. The largest absolute Gasteiger partial charge is 0.387 e. The first-order chi connectivity index (χ1) is 9.84. The third-order valence-electron chi connectivity index (χ3n) is 3.74. The number of nitrogens with one attached hydrogen (secondary N) is 2. The Morgan fingerprint density at radius 2 is 2.10 bits per heavy atom. The predicted octanol–water partition coefficient (Wildman–Crippen LogP) is 3.01. The van der Waals surface area contributed by atoms with Crippen molar-refractivity contribution in [1.82, 2.24) is 20.3 Å². The van der Waals surface area contributed by atoms with Crippen LogP contribution in [-0.4, -0.2) is 15.0 Å². The number of aromatic nitrogens is 3. The normalized spacial score (nSPS) is 13.2. The number of nitrogens with zero attached hydrogens (tertiary/aromatic N) is 2. The van der Waals surface area contributed by atoms with Crippen molar-refractivity contribution in [3.8, 4) is 11.3 Å². The van der Waals surface area contributed by atoms with Crippen molar-refractivity contribution in [3.05, 3.63) is 53.6 Å². The first kappa shape index (κ1) is 11.2. The van der Waals surface area contributed by atoms with Gasteiger partial charge in [-0.1, -0.05) is 0 Å². The Kier molecular flexibility index (Phi) is 2.36. The minimum atomic E-state index is 0.848. The van der Waals surface area contributed by atoms with Gasteiger partial charge in [-0.05, 0) is 43.0 Å². The summed E-state index contributed by atoms with van der Waals surface area (Å²) in [5.41, 5.74) is 6.66. The lowest BCUT2D eigenvalue weighted by atomic mass is 9.98. The summed E-state index contributed by atoms with van der Waals surface area (Å²) in [6.07, 6.45) is 7.76. The van der Waals surface area contributed by atoms with Gasteiger partial charge in [-0.15, -0.1) is 0 Å². The van der Waals surface area contributed by atoms with Gasteiger partial charge in [0.05, 0.1) is 5.69 Å². The van der Waals surface area contributed by atoms with Gasteiger partial charge in [0.2, 0.25) is 0 Å². The van der Waals surface area contributed by atoms with E-state index >= 15 is 0 Å². The molecule has 4 heteroatoms. The van der Waals surface area contributed by atoms with Gasteiger partial charge < -0.3 is 10.3 Å². The fourth-order valence-corrected chi connectivity index (χ4v) is 2.82. The number of aromatic amines is 1. The summed E-state index contributed by atoms with van der Waals surface area (Å²) in [4.78, 5) is 12.3. The van der Waals surface area contributed by atoms with Crippen LogP contribution in [0.5, 0.6) is 0 Å². The van der Waals surface area contributed by atoms with Gasteiger partial charge in [0.25, 0.3) is 0 Å². The van der Waals surface area contributed by atoms with Crippen molar-refractivity contribution >= 4 is 17.1 Å². The molecular weight excluding hydrogens is 248 g/mol. The van der Waals surface area contributed by atoms with Crippen LogP contribution in [-0.2, 0) is 6.54 Å². The molecule has 0 bridgehead atoms. The standard InChI is InChI=1S/C16H14N4/c1-10-14(13-3-2-6-19-16(13)20-10)15-12-5-7-17-9-11(12)4-8-18-15/h2-8,17H,9H2,1H3,(H,19,20). The van der Waals surface area contributed by atoms with Crippen LogP contribution in [0.25, 0.3) is 28.4 Å². The van der Waals surface area contributed by atoms with Crippen molar-refractivity contribution in [3.63, 3.8) is 0 Å². The van der Waals surface area contributed by atoms with E-state index in [4.69, 9.17) is 0 Å². The Bertz CT molecular complexity index is 830. The Labute approximate surface area is 116 Å². The minimum Gasteiger partial charge on any atom is -0.387 e. The van der Waals surface area contributed by atoms with Crippen LogP contribution in [0.15, 0.2) is 36.8 Å². The molecule has 3 aromatic rings. The molecule has 98 valence electrons. The molecule has 0 unspecified atom stereocenters. The van der Waals surface area contributed by atoms with Crippen LogP contribution in [0.2, 0.25) is 0 Å². The zero-order valence-corrected chi connectivity index (χ0v) is 11.1. The zero-order chi connectivity index (χ0) is 13.5. The van der Waals surface area contributed by atoms with Gasteiger partial charge in [-0.2, -0.15) is 0 Å². The topological polar surface area (TPSA) is 53.6 Å². The minimum absolute atomic E-state index is 0.848. The van der Waals surface area contributed by atoms with Gasteiger partial charge in [0.15, 0.2) is 0 Å². The smallest absolute Gasteiger partial charge is 0.138 e. The highest BCUT2D eigenvalue weighted by Crippen LogP contribution is 2.34. The summed E-state index contributed by atoms with van der Waals surface area (Å²) >= 11 is 0. The second-order valence-corrected chi connectivity index (χ2v) is 4.97. The van der Waals surface area contributed by atoms with E-state index in [1.54, 1.807) is 6.20 Å². The molecule has 4 heterocycles. The monoisotopic (exact) mass is 262 g/mol. The van der Waals surface area contributed by atoms with E-state index in [1.165, 1.54) is 11.1 Å². The molecule has 0 atom stereocenters. The highest BCUT2D eigenvalue weighted by molar-refractivity contribution is 5.96. The van der Waals surface area contributed by atoms with Gasteiger partial charge in [-0.25, -0.2) is 4.98 Å². The van der Waals surface area contributed by atoms with Gasteiger partial charge in [-0.3, -0.25) is 4.98 Å². The van der Waals surface area contributed by atoms with Crippen molar-refractivity contribution in [1.29, 1.82) is 0 Å². The van der Waals surface area contributed by atoms with Gasteiger partial charge >= 0.3 is 0 Å². The number of rotatable bonds is 1. The number of aryl methyl sites for hydroxylation is 1. The van der Waals surface area contributed by atoms with E-state index in [2.05, 4.69) is 45.4 Å². The molecule has 20 heavy (non-hydrogen) atoms. The highest BCUT2D eigenvalue weighted by atomic mass is 14.9. The van der Waals surface area contributed by atoms with Crippen LogP contribution in [0.4, 0.5) is 0 Å². The van der Waals surface area contributed by atoms with E-state index < -0.39 is 0 Å². The average Bonchev–Trinajstić information content (AvgIpc) is 2.82. The third-order valence-corrected chi connectivity index (χ3v) is 3.74. The third kappa shape index (κ3) is 1.54. The highest BCUT2D eigenvalue weighted by Gasteiger charge is 2.17. The van der Waals surface area contributed by atoms with Gasteiger partial charge in [0.1, 0.15) is 5.65 Å². The molecule has 0 saturated heterocycles. The zero-order valence-electron chi connectivity index (χ0n) is 11.1. The first-order valence-corrected chi connectivity index (χ1v) is 6.66. The van der Waals surface area contributed by atoms with E-state index in [0.717, 1.165) is 34.5 Å². The molecule has 1 aliphatic heterocycles. The molecule has 0 aliphatic carbocycles. The van der Waals surface area contributed by atoms with Crippen LogP contribution in [0, 0.1) is 6.92 Å². The van der Waals surface area contributed by atoms with Crippen molar-refractivity contribution < 1.29 is 0 Å². The molecule has 0 radical (unpaired) electrons. The fraction of sp³-hybridized carbons (Fsp3) is 0.125. The molecule has 0 fully saturated rings. The number of H-pyrrole nitrogens is 1. The molecule has 2 N–H and O–H groups in total. The summed E-state index contributed by atoms with van der Waals surface area (Å²) in [5.74, 6) is 0. The second kappa shape index (κ2) is 4.20. The lowest BCUT2D eigenvalue weighted by Crippen LogP contribution is -2.11. The molecule has 0 aromatic carbocycles. The SMILES string of the molecule is Cc1[nH]c2ncccc2c1-c1nccc2c1C=CNC2.